The lowest BCUT2D eigenvalue weighted by Gasteiger charge is -2.04. The fourth-order valence-corrected chi connectivity index (χ4v) is 2.63. The van der Waals surface area contributed by atoms with E-state index in [-0.39, 0.29) is 18.1 Å². The van der Waals surface area contributed by atoms with E-state index in [0.717, 1.165) is 0 Å². The standard InChI is InChI=1S/C11H13ClO3S/c1-2-15-11(13)7-8-16(14)10-6-4-3-5-9(10)12/h3-6H,2,7-8H2,1H3. The van der Waals surface area contributed by atoms with Gasteiger partial charge < -0.3 is 4.74 Å². The molecule has 0 aliphatic carbocycles. The maximum atomic E-state index is 11.8. The van der Waals surface area contributed by atoms with Crippen molar-refractivity contribution in [1.82, 2.24) is 0 Å². The third kappa shape index (κ3) is 3.94. The van der Waals surface area contributed by atoms with Crippen molar-refractivity contribution in [3.8, 4) is 0 Å². The van der Waals surface area contributed by atoms with Crippen molar-refractivity contribution in [2.75, 3.05) is 12.4 Å². The number of hydrogen-bond donors (Lipinski definition) is 0. The average Bonchev–Trinajstić information content (AvgIpc) is 2.27. The zero-order valence-electron chi connectivity index (χ0n) is 8.94. The molecule has 0 fully saturated rings. The predicted molar refractivity (Wildman–Crippen MR) is 64.0 cm³/mol. The van der Waals surface area contributed by atoms with Crippen LogP contribution < -0.4 is 0 Å². The van der Waals surface area contributed by atoms with Crippen LogP contribution in [0.4, 0.5) is 0 Å². The smallest absolute Gasteiger partial charge is 0.306 e. The van der Waals surface area contributed by atoms with Crippen molar-refractivity contribution < 1.29 is 13.7 Å². The monoisotopic (exact) mass is 260 g/mol. The van der Waals surface area contributed by atoms with Crippen LogP contribution in [0.3, 0.4) is 0 Å². The summed E-state index contributed by atoms with van der Waals surface area (Å²) in [5, 5.41) is 0.463. The first-order valence-electron chi connectivity index (χ1n) is 4.93. The molecule has 0 aliphatic heterocycles. The van der Waals surface area contributed by atoms with E-state index in [1.807, 2.05) is 0 Å². The Bertz CT molecular complexity index is 393. The molecule has 0 radical (unpaired) electrons. The number of rotatable bonds is 5. The second-order valence-electron chi connectivity index (χ2n) is 3.04. The highest BCUT2D eigenvalue weighted by Gasteiger charge is 2.10. The number of halogens is 1. The number of carbonyl (C=O) groups excluding carboxylic acids is 1. The van der Waals surface area contributed by atoms with E-state index in [1.165, 1.54) is 0 Å². The second-order valence-corrected chi connectivity index (χ2v) is 4.98. The minimum atomic E-state index is -1.25. The first-order valence-corrected chi connectivity index (χ1v) is 6.63. The van der Waals surface area contributed by atoms with Gasteiger partial charge in [-0.15, -0.1) is 0 Å². The SMILES string of the molecule is CCOC(=O)CCS(=O)c1ccccc1Cl. The first-order chi connectivity index (χ1) is 7.65. The number of hydrogen-bond acceptors (Lipinski definition) is 3. The molecule has 0 N–H and O–H groups in total. The summed E-state index contributed by atoms with van der Waals surface area (Å²) in [6, 6.07) is 6.92. The van der Waals surface area contributed by atoms with Gasteiger partial charge in [0.25, 0.3) is 0 Å². The largest absolute Gasteiger partial charge is 0.466 e. The van der Waals surface area contributed by atoms with Gasteiger partial charge in [-0.25, -0.2) is 0 Å². The molecule has 88 valence electrons. The lowest BCUT2D eigenvalue weighted by molar-refractivity contribution is -0.142. The number of benzene rings is 1. The van der Waals surface area contributed by atoms with Gasteiger partial charge in [0.2, 0.25) is 0 Å². The zero-order valence-corrected chi connectivity index (χ0v) is 10.5. The Morgan fingerprint density at radius 3 is 2.75 bits per heavy atom. The van der Waals surface area contributed by atoms with Crippen molar-refractivity contribution in [2.24, 2.45) is 0 Å². The Labute approximate surface area is 102 Å². The van der Waals surface area contributed by atoms with Crippen molar-refractivity contribution in [3.05, 3.63) is 29.3 Å². The molecule has 1 atom stereocenters. The van der Waals surface area contributed by atoms with Crippen LogP contribution in [0.15, 0.2) is 29.2 Å². The molecule has 0 spiro atoms. The third-order valence-electron chi connectivity index (χ3n) is 1.88. The van der Waals surface area contributed by atoms with Gasteiger partial charge >= 0.3 is 5.97 Å². The van der Waals surface area contributed by atoms with Gasteiger partial charge in [-0.3, -0.25) is 9.00 Å². The molecule has 0 bridgehead atoms. The van der Waals surface area contributed by atoms with Crippen LogP contribution in [0.25, 0.3) is 0 Å². The number of ether oxygens (including phenoxy) is 1. The summed E-state index contributed by atoms with van der Waals surface area (Å²) < 4.78 is 16.5. The lowest BCUT2D eigenvalue weighted by Crippen LogP contribution is -2.09. The van der Waals surface area contributed by atoms with Gasteiger partial charge in [0.05, 0.1) is 33.7 Å². The summed E-state index contributed by atoms with van der Waals surface area (Å²) in [7, 11) is -1.25. The van der Waals surface area contributed by atoms with Crippen molar-refractivity contribution in [3.63, 3.8) is 0 Å². The van der Waals surface area contributed by atoms with Crippen LogP contribution in [-0.2, 0) is 20.3 Å². The molecule has 0 aromatic heterocycles. The lowest BCUT2D eigenvalue weighted by atomic mass is 10.4. The molecule has 1 aromatic rings. The quantitative estimate of drug-likeness (QED) is 0.764. The highest BCUT2D eigenvalue weighted by atomic mass is 35.5. The molecule has 1 unspecified atom stereocenters. The highest BCUT2D eigenvalue weighted by molar-refractivity contribution is 7.85. The summed E-state index contributed by atoms with van der Waals surface area (Å²) in [4.78, 5) is 11.6. The van der Waals surface area contributed by atoms with Gasteiger partial charge in [-0.05, 0) is 19.1 Å². The molecule has 0 saturated carbocycles. The highest BCUT2D eigenvalue weighted by Crippen LogP contribution is 2.19. The van der Waals surface area contributed by atoms with Crippen molar-refractivity contribution in [2.45, 2.75) is 18.2 Å². The number of esters is 1. The minimum Gasteiger partial charge on any atom is -0.466 e. The maximum absolute atomic E-state index is 11.8. The van der Waals surface area contributed by atoms with E-state index < -0.39 is 10.8 Å². The molecule has 0 saturated heterocycles. The van der Waals surface area contributed by atoms with E-state index in [9.17, 15) is 9.00 Å². The van der Waals surface area contributed by atoms with Crippen LogP contribution in [0.1, 0.15) is 13.3 Å². The second kappa shape index (κ2) is 6.66. The molecule has 3 nitrogen and oxygen atoms in total. The van der Waals surface area contributed by atoms with E-state index in [1.54, 1.807) is 31.2 Å². The van der Waals surface area contributed by atoms with Gasteiger partial charge in [-0.1, -0.05) is 23.7 Å². The molecular weight excluding hydrogens is 248 g/mol. The van der Waals surface area contributed by atoms with Crippen LogP contribution in [-0.4, -0.2) is 22.5 Å². The van der Waals surface area contributed by atoms with Crippen LogP contribution >= 0.6 is 11.6 Å². The minimum absolute atomic E-state index is 0.145. The summed E-state index contributed by atoms with van der Waals surface area (Å²) in [6.07, 6.45) is 0.145. The third-order valence-corrected chi connectivity index (χ3v) is 3.74. The average molecular weight is 261 g/mol. The number of carbonyl (C=O) groups is 1. The van der Waals surface area contributed by atoms with E-state index in [2.05, 4.69) is 0 Å². The molecule has 16 heavy (non-hydrogen) atoms. The Hall–Kier alpha value is -0.870. The zero-order chi connectivity index (χ0) is 12.0. The fraction of sp³-hybridized carbons (Fsp3) is 0.364. The Balaban J connectivity index is 2.54. The van der Waals surface area contributed by atoms with Crippen molar-refractivity contribution in [1.29, 1.82) is 0 Å². The molecule has 0 amide bonds. The normalized spacial score (nSPS) is 12.1. The van der Waals surface area contributed by atoms with Gasteiger partial charge in [0.15, 0.2) is 0 Å². The van der Waals surface area contributed by atoms with Crippen LogP contribution in [0.5, 0.6) is 0 Å². The molecule has 1 aromatic carbocycles. The molecule has 0 heterocycles. The Kier molecular flexibility index (Phi) is 5.49. The fourth-order valence-electron chi connectivity index (χ4n) is 1.15. The van der Waals surface area contributed by atoms with Gasteiger partial charge in [-0.2, -0.15) is 0 Å². The molecule has 0 aliphatic rings. The Morgan fingerprint density at radius 1 is 1.44 bits per heavy atom. The maximum Gasteiger partial charge on any atom is 0.306 e. The van der Waals surface area contributed by atoms with Crippen LogP contribution in [0, 0.1) is 0 Å². The topological polar surface area (TPSA) is 43.4 Å². The van der Waals surface area contributed by atoms with Gasteiger partial charge in [0.1, 0.15) is 0 Å². The summed E-state index contributed by atoms with van der Waals surface area (Å²) in [5.74, 6) is -0.0920. The molecular formula is C11H13ClO3S. The van der Waals surface area contributed by atoms with E-state index in [4.69, 9.17) is 16.3 Å². The van der Waals surface area contributed by atoms with Gasteiger partial charge in [0, 0.05) is 5.75 Å². The van der Waals surface area contributed by atoms with Crippen molar-refractivity contribution >= 4 is 28.4 Å². The summed E-state index contributed by atoms with van der Waals surface area (Å²) in [6.45, 7) is 2.08. The summed E-state index contributed by atoms with van der Waals surface area (Å²) >= 11 is 5.89. The van der Waals surface area contributed by atoms with E-state index >= 15 is 0 Å². The van der Waals surface area contributed by atoms with E-state index in [0.29, 0.717) is 16.5 Å². The molecule has 5 heteroatoms. The first kappa shape index (κ1) is 13.2. The van der Waals surface area contributed by atoms with Crippen LogP contribution in [0.2, 0.25) is 5.02 Å². The summed E-state index contributed by atoms with van der Waals surface area (Å²) in [5.41, 5.74) is 0. The molecule has 1 rings (SSSR count). The Morgan fingerprint density at radius 2 is 2.12 bits per heavy atom. The predicted octanol–water partition coefficient (Wildman–Crippen LogP) is 2.40.